The van der Waals surface area contributed by atoms with Crippen molar-refractivity contribution in [2.45, 2.75) is 25.9 Å². The van der Waals surface area contributed by atoms with Gasteiger partial charge in [-0.2, -0.15) is 0 Å². The molecule has 2 aromatic rings. The van der Waals surface area contributed by atoms with E-state index in [9.17, 15) is 14.4 Å². The molecule has 1 spiro atoms. The van der Waals surface area contributed by atoms with Gasteiger partial charge in [0.1, 0.15) is 5.56 Å². The van der Waals surface area contributed by atoms with Gasteiger partial charge in [-0.25, -0.2) is 9.78 Å². The smallest absolute Gasteiger partial charge is 0.410 e. The quantitative estimate of drug-likeness (QED) is 0.757. The van der Waals surface area contributed by atoms with Crippen molar-refractivity contribution in [2.24, 2.45) is 0 Å². The molecule has 2 aliphatic rings. The van der Waals surface area contributed by atoms with Gasteiger partial charge in [-0.15, -0.1) is 11.3 Å². The average Bonchev–Trinajstić information content (AvgIpc) is 3.18. The average molecular weight is 362 g/mol. The van der Waals surface area contributed by atoms with Gasteiger partial charge < -0.3 is 14.5 Å². The van der Waals surface area contributed by atoms with E-state index < -0.39 is 5.60 Å². The lowest BCUT2D eigenvalue weighted by Crippen LogP contribution is -2.40. The lowest BCUT2D eigenvalue weighted by atomic mass is 10.0. The minimum absolute atomic E-state index is 0.0492. The van der Waals surface area contributed by atoms with Gasteiger partial charge in [0, 0.05) is 36.8 Å². The summed E-state index contributed by atoms with van der Waals surface area (Å²) in [5.41, 5.74) is -0.160. The topological polar surface area (TPSA) is 84.2 Å². The van der Waals surface area contributed by atoms with Gasteiger partial charge in [0.25, 0.3) is 11.5 Å². The molecular weight excluding hydrogens is 344 g/mol. The van der Waals surface area contributed by atoms with E-state index in [0.29, 0.717) is 31.0 Å². The van der Waals surface area contributed by atoms with Gasteiger partial charge >= 0.3 is 6.09 Å². The van der Waals surface area contributed by atoms with Crippen LogP contribution in [-0.4, -0.2) is 63.5 Å². The highest BCUT2D eigenvalue weighted by Crippen LogP contribution is 2.32. The molecule has 1 atom stereocenters. The lowest BCUT2D eigenvalue weighted by molar-refractivity contribution is 0.0552. The Labute approximate surface area is 147 Å². The third-order valence-electron chi connectivity index (χ3n) is 4.99. The Bertz CT molecular complexity index is 965. The number of carbonyl (C=O) groups is 2. The second-order valence-electron chi connectivity index (χ2n) is 6.72. The van der Waals surface area contributed by atoms with E-state index in [1.807, 2.05) is 13.8 Å². The van der Waals surface area contributed by atoms with Crippen LogP contribution in [0.5, 0.6) is 0 Å². The molecule has 0 bridgehead atoms. The zero-order valence-electron chi connectivity index (χ0n) is 14.2. The minimum atomic E-state index is -0.663. The van der Waals surface area contributed by atoms with Gasteiger partial charge in [0.2, 0.25) is 0 Å². The Morgan fingerprint density at radius 2 is 2.08 bits per heavy atom. The molecule has 0 N–H and O–H groups in total. The summed E-state index contributed by atoms with van der Waals surface area (Å²) in [4.78, 5) is 46.2. The van der Waals surface area contributed by atoms with Crippen molar-refractivity contribution in [3.63, 3.8) is 0 Å². The van der Waals surface area contributed by atoms with Gasteiger partial charge in [0.05, 0.1) is 13.1 Å². The molecule has 0 aliphatic carbocycles. The second kappa shape index (κ2) is 5.29. The number of rotatable bonds is 1. The van der Waals surface area contributed by atoms with Crippen LogP contribution in [0.1, 0.15) is 27.3 Å². The van der Waals surface area contributed by atoms with E-state index in [4.69, 9.17) is 4.74 Å². The summed E-state index contributed by atoms with van der Waals surface area (Å²) in [6.45, 7) is 4.96. The molecule has 0 radical (unpaired) electrons. The molecule has 0 unspecified atom stereocenters. The molecule has 4 rings (SSSR count). The Kier molecular flexibility index (Phi) is 3.40. The van der Waals surface area contributed by atoms with Gasteiger partial charge in [0.15, 0.2) is 10.6 Å². The predicted molar refractivity (Wildman–Crippen MR) is 91.2 cm³/mol. The van der Waals surface area contributed by atoms with E-state index >= 15 is 0 Å². The molecule has 2 amide bonds. The van der Waals surface area contributed by atoms with E-state index in [0.717, 1.165) is 10.6 Å². The summed E-state index contributed by atoms with van der Waals surface area (Å²) in [5.74, 6) is -0.363. The molecule has 2 fully saturated rings. The molecule has 9 heteroatoms. The van der Waals surface area contributed by atoms with Crippen LogP contribution in [0.2, 0.25) is 0 Å². The molecule has 25 heavy (non-hydrogen) atoms. The molecule has 2 aliphatic heterocycles. The lowest BCUT2D eigenvalue weighted by Gasteiger charge is -2.21. The number of hydrogen-bond acceptors (Lipinski definition) is 6. The first-order valence-corrected chi connectivity index (χ1v) is 8.84. The molecule has 132 valence electrons. The van der Waals surface area contributed by atoms with Crippen molar-refractivity contribution < 1.29 is 14.3 Å². The molecule has 8 nitrogen and oxygen atoms in total. The van der Waals surface area contributed by atoms with Crippen LogP contribution in [0.15, 0.2) is 11.0 Å². The number of ether oxygens (including phenoxy) is 1. The van der Waals surface area contributed by atoms with Crippen molar-refractivity contribution in [3.8, 4) is 0 Å². The SMILES string of the molecule is Cc1sc2ncc(C(=O)N3CC[C@]4(CN(C)C(=O)O4)C3)c(=O)n2c1C. The monoisotopic (exact) mass is 362 g/mol. The van der Waals surface area contributed by atoms with Gasteiger partial charge in [-0.3, -0.25) is 14.0 Å². The maximum atomic E-state index is 12.9. The summed E-state index contributed by atoms with van der Waals surface area (Å²) in [6, 6.07) is 0. The van der Waals surface area contributed by atoms with Crippen LogP contribution in [0, 0.1) is 13.8 Å². The first-order valence-electron chi connectivity index (χ1n) is 8.02. The van der Waals surface area contributed by atoms with Crippen molar-refractivity contribution in [1.82, 2.24) is 19.2 Å². The van der Waals surface area contributed by atoms with Crippen LogP contribution in [0.3, 0.4) is 0 Å². The number of aryl methyl sites for hydroxylation is 2. The van der Waals surface area contributed by atoms with E-state index in [-0.39, 0.29) is 23.1 Å². The number of carbonyl (C=O) groups excluding carboxylic acids is 2. The third kappa shape index (κ3) is 2.33. The summed E-state index contributed by atoms with van der Waals surface area (Å²) in [7, 11) is 1.67. The van der Waals surface area contributed by atoms with Crippen LogP contribution >= 0.6 is 11.3 Å². The van der Waals surface area contributed by atoms with E-state index in [2.05, 4.69) is 4.98 Å². The number of likely N-dealkylation sites (N-methyl/N-ethyl adjacent to an activating group) is 1. The zero-order chi connectivity index (χ0) is 17.9. The summed E-state index contributed by atoms with van der Waals surface area (Å²) >= 11 is 1.43. The number of likely N-dealkylation sites (tertiary alicyclic amines) is 1. The normalized spacial score (nSPS) is 23.1. The number of nitrogens with zero attached hydrogens (tertiary/aromatic N) is 4. The van der Waals surface area contributed by atoms with Crippen molar-refractivity contribution in [3.05, 3.63) is 32.7 Å². The maximum Gasteiger partial charge on any atom is 0.410 e. The minimum Gasteiger partial charge on any atom is -0.439 e. The second-order valence-corrected chi connectivity index (χ2v) is 7.90. The first kappa shape index (κ1) is 16.1. The van der Waals surface area contributed by atoms with Crippen LogP contribution in [0.25, 0.3) is 4.96 Å². The van der Waals surface area contributed by atoms with Crippen molar-refractivity contribution in [1.29, 1.82) is 0 Å². The molecular formula is C16H18N4O4S. The fraction of sp³-hybridized carbons (Fsp3) is 0.500. The summed E-state index contributed by atoms with van der Waals surface area (Å²) in [6.07, 6.45) is 1.55. The number of aromatic nitrogens is 2. The number of hydrogen-bond donors (Lipinski definition) is 0. The summed E-state index contributed by atoms with van der Waals surface area (Å²) < 4.78 is 6.95. The van der Waals surface area contributed by atoms with Crippen molar-refractivity contribution >= 4 is 28.3 Å². The highest BCUT2D eigenvalue weighted by molar-refractivity contribution is 7.17. The Hall–Kier alpha value is -2.42. The van der Waals surface area contributed by atoms with Gasteiger partial charge in [-0.1, -0.05) is 0 Å². The highest BCUT2D eigenvalue weighted by Gasteiger charge is 2.49. The predicted octanol–water partition coefficient (Wildman–Crippen LogP) is 1.04. The molecule has 0 saturated carbocycles. The standard InChI is InChI=1S/C16H18N4O4S/c1-9-10(2)25-14-17-6-11(13(22)20(9)14)12(21)19-5-4-16(8-19)7-18(3)15(23)24-16/h6H,4-5,7-8H2,1-3H3/t16-/m0/s1. The fourth-order valence-electron chi connectivity index (χ4n) is 3.52. The molecule has 0 aromatic carbocycles. The van der Waals surface area contributed by atoms with E-state index in [1.54, 1.807) is 11.9 Å². The molecule has 2 saturated heterocycles. The summed E-state index contributed by atoms with van der Waals surface area (Å²) in [5, 5.41) is 0. The fourth-order valence-corrected chi connectivity index (χ4v) is 4.45. The molecule has 2 aromatic heterocycles. The van der Waals surface area contributed by atoms with E-state index in [1.165, 1.54) is 26.8 Å². The number of amides is 2. The van der Waals surface area contributed by atoms with Gasteiger partial charge in [-0.05, 0) is 13.8 Å². The first-order chi connectivity index (χ1) is 11.8. The van der Waals surface area contributed by atoms with Crippen molar-refractivity contribution in [2.75, 3.05) is 26.7 Å². The van der Waals surface area contributed by atoms with Crippen LogP contribution < -0.4 is 5.56 Å². The largest absolute Gasteiger partial charge is 0.439 e. The molecule has 4 heterocycles. The number of fused-ring (bicyclic) bond motifs is 1. The maximum absolute atomic E-state index is 12.9. The third-order valence-corrected chi connectivity index (χ3v) is 6.07. The highest BCUT2D eigenvalue weighted by atomic mass is 32.1. The zero-order valence-corrected chi connectivity index (χ0v) is 15.1. The Balaban J connectivity index is 1.65. The van der Waals surface area contributed by atoms with Crippen LogP contribution in [-0.2, 0) is 4.74 Å². The Morgan fingerprint density at radius 1 is 1.32 bits per heavy atom. The van der Waals surface area contributed by atoms with Crippen LogP contribution in [0.4, 0.5) is 4.79 Å². The Morgan fingerprint density at radius 3 is 2.76 bits per heavy atom. The number of thiazole rings is 1.